The number of rotatable bonds is 5. The topological polar surface area (TPSA) is 80.5 Å². The standard InChI is InChI=1S/C18H27ClN4O2/c1-4-25-14-10-18(20,17(14,2)3)16(24)22-12-7-9-23(11-12)15-13(19)6-5-8-21-15/h5-6,8,12,14H,4,7,9-11,20H2,1-3H3,(H,22,24). The molecule has 0 bridgehead atoms. The summed E-state index contributed by atoms with van der Waals surface area (Å²) < 4.78 is 5.71. The zero-order valence-electron chi connectivity index (χ0n) is 15.1. The number of pyridine rings is 1. The zero-order valence-corrected chi connectivity index (χ0v) is 15.8. The summed E-state index contributed by atoms with van der Waals surface area (Å²) in [6, 6.07) is 3.69. The minimum absolute atomic E-state index is 0.0284. The van der Waals surface area contributed by atoms with Crippen molar-refractivity contribution in [3.05, 3.63) is 23.4 Å². The van der Waals surface area contributed by atoms with Crippen LogP contribution in [0, 0.1) is 5.41 Å². The SMILES string of the molecule is CCOC1CC(N)(C(=O)NC2CCN(c3ncccc3Cl)C2)C1(C)C. The van der Waals surface area contributed by atoms with E-state index in [9.17, 15) is 4.79 Å². The molecule has 2 heterocycles. The molecule has 1 aliphatic carbocycles. The Labute approximate surface area is 154 Å². The molecule has 0 radical (unpaired) electrons. The molecule has 3 unspecified atom stereocenters. The van der Waals surface area contributed by atoms with Crippen LogP contribution in [0.5, 0.6) is 0 Å². The first-order valence-corrected chi connectivity index (χ1v) is 9.24. The molecule has 1 aromatic heterocycles. The van der Waals surface area contributed by atoms with Crippen LogP contribution in [0.15, 0.2) is 18.3 Å². The molecule has 1 saturated carbocycles. The quantitative estimate of drug-likeness (QED) is 0.832. The maximum absolute atomic E-state index is 12.8. The highest BCUT2D eigenvalue weighted by Crippen LogP contribution is 2.49. The van der Waals surface area contributed by atoms with Crippen molar-refractivity contribution < 1.29 is 9.53 Å². The summed E-state index contributed by atoms with van der Waals surface area (Å²) in [4.78, 5) is 19.3. The summed E-state index contributed by atoms with van der Waals surface area (Å²) in [5.41, 5.74) is 5.19. The van der Waals surface area contributed by atoms with Gasteiger partial charge in [-0.3, -0.25) is 4.79 Å². The van der Waals surface area contributed by atoms with Crippen LogP contribution >= 0.6 is 11.6 Å². The number of nitrogens with two attached hydrogens (primary N) is 1. The number of ether oxygens (including phenoxy) is 1. The third kappa shape index (κ3) is 3.11. The van der Waals surface area contributed by atoms with Gasteiger partial charge in [0.25, 0.3) is 0 Å². The first-order chi connectivity index (χ1) is 11.8. The first-order valence-electron chi connectivity index (χ1n) is 8.86. The fraction of sp³-hybridized carbons (Fsp3) is 0.667. The van der Waals surface area contributed by atoms with Crippen LogP contribution in [0.4, 0.5) is 5.82 Å². The lowest BCUT2D eigenvalue weighted by atomic mass is 9.54. The van der Waals surface area contributed by atoms with E-state index in [1.807, 2.05) is 32.9 Å². The van der Waals surface area contributed by atoms with E-state index in [0.29, 0.717) is 24.6 Å². The Balaban J connectivity index is 1.61. The van der Waals surface area contributed by atoms with Crippen molar-refractivity contribution in [3.63, 3.8) is 0 Å². The minimum Gasteiger partial charge on any atom is -0.378 e. The average Bonchev–Trinajstić information content (AvgIpc) is 3.03. The van der Waals surface area contributed by atoms with Crippen molar-refractivity contribution in [1.82, 2.24) is 10.3 Å². The van der Waals surface area contributed by atoms with Crippen molar-refractivity contribution in [2.75, 3.05) is 24.6 Å². The molecule has 2 aliphatic rings. The molecule has 2 fully saturated rings. The predicted octanol–water partition coefficient (Wildman–Crippen LogP) is 1.96. The van der Waals surface area contributed by atoms with Gasteiger partial charge in [0.05, 0.1) is 11.1 Å². The molecule has 3 N–H and O–H groups in total. The molecule has 25 heavy (non-hydrogen) atoms. The van der Waals surface area contributed by atoms with Gasteiger partial charge in [0.15, 0.2) is 0 Å². The van der Waals surface area contributed by atoms with Gasteiger partial charge in [-0.2, -0.15) is 0 Å². The summed E-state index contributed by atoms with van der Waals surface area (Å²) in [6.45, 7) is 8.10. The number of amides is 1. The van der Waals surface area contributed by atoms with Crippen LogP contribution in [0.2, 0.25) is 5.02 Å². The van der Waals surface area contributed by atoms with E-state index in [4.69, 9.17) is 22.1 Å². The maximum Gasteiger partial charge on any atom is 0.241 e. The summed E-state index contributed by atoms with van der Waals surface area (Å²) in [5.74, 6) is 0.677. The van der Waals surface area contributed by atoms with Gasteiger partial charge in [-0.05, 0) is 25.5 Å². The normalized spacial score (nSPS) is 30.8. The van der Waals surface area contributed by atoms with Crippen LogP contribution in [0.1, 0.15) is 33.6 Å². The Morgan fingerprint density at radius 3 is 2.96 bits per heavy atom. The summed E-state index contributed by atoms with van der Waals surface area (Å²) in [7, 11) is 0. The molecular formula is C18H27ClN4O2. The molecule has 1 aliphatic heterocycles. The highest BCUT2D eigenvalue weighted by molar-refractivity contribution is 6.32. The molecule has 7 heteroatoms. The van der Waals surface area contributed by atoms with Gasteiger partial charge in [-0.1, -0.05) is 25.4 Å². The van der Waals surface area contributed by atoms with Gasteiger partial charge in [0.2, 0.25) is 5.91 Å². The van der Waals surface area contributed by atoms with E-state index < -0.39 is 5.54 Å². The molecule has 1 aromatic rings. The smallest absolute Gasteiger partial charge is 0.241 e. The van der Waals surface area contributed by atoms with Crippen molar-refractivity contribution >= 4 is 23.3 Å². The number of hydrogen-bond donors (Lipinski definition) is 2. The molecule has 0 spiro atoms. The summed E-state index contributed by atoms with van der Waals surface area (Å²) in [6.07, 6.45) is 3.17. The van der Waals surface area contributed by atoms with Crippen molar-refractivity contribution in [3.8, 4) is 0 Å². The molecule has 3 atom stereocenters. The highest BCUT2D eigenvalue weighted by atomic mass is 35.5. The Morgan fingerprint density at radius 1 is 1.56 bits per heavy atom. The number of nitrogens with zero attached hydrogens (tertiary/aromatic N) is 2. The van der Waals surface area contributed by atoms with E-state index >= 15 is 0 Å². The van der Waals surface area contributed by atoms with Crippen LogP contribution in [-0.4, -0.2) is 48.3 Å². The van der Waals surface area contributed by atoms with E-state index in [-0.39, 0.29) is 23.5 Å². The van der Waals surface area contributed by atoms with Gasteiger partial charge in [0.1, 0.15) is 11.4 Å². The van der Waals surface area contributed by atoms with Gasteiger partial charge < -0.3 is 20.7 Å². The largest absolute Gasteiger partial charge is 0.378 e. The number of anilines is 1. The third-order valence-electron chi connectivity index (χ3n) is 5.80. The number of halogens is 1. The molecule has 3 rings (SSSR count). The molecule has 6 nitrogen and oxygen atoms in total. The summed E-state index contributed by atoms with van der Waals surface area (Å²) >= 11 is 6.22. The second-order valence-corrected chi connectivity index (χ2v) is 7.96. The van der Waals surface area contributed by atoms with Gasteiger partial charge >= 0.3 is 0 Å². The van der Waals surface area contributed by atoms with Crippen LogP contribution in [0.3, 0.4) is 0 Å². The molecule has 1 amide bonds. The van der Waals surface area contributed by atoms with Crippen LogP contribution < -0.4 is 16.0 Å². The fourth-order valence-corrected chi connectivity index (χ4v) is 4.06. The zero-order chi connectivity index (χ0) is 18.2. The molecule has 138 valence electrons. The van der Waals surface area contributed by atoms with Gasteiger partial charge in [-0.25, -0.2) is 4.98 Å². The number of hydrogen-bond acceptors (Lipinski definition) is 5. The number of nitrogens with one attached hydrogen (secondary N) is 1. The van der Waals surface area contributed by atoms with Gasteiger partial charge in [-0.15, -0.1) is 0 Å². The molecule has 0 aromatic carbocycles. The Morgan fingerprint density at radius 2 is 2.32 bits per heavy atom. The number of carbonyl (C=O) groups is 1. The second-order valence-electron chi connectivity index (χ2n) is 7.56. The van der Waals surface area contributed by atoms with Crippen molar-refractivity contribution in [2.24, 2.45) is 11.1 Å². The lowest BCUT2D eigenvalue weighted by Crippen LogP contribution is -2.76. The Bertz CT molecular complexity index is 654. The lowest BCUT2D eigenvalue weighted by Gasteiger charge is -2.57. The second kappa shape index (κ2) is 6.74. The Hall–Kier alpha value is -1.37. The predicted molar refractivity (Wildman–Crippen MR) is 98.7 cm³/mol. The third-order valence-corrected chi connectivity index (χ3v) is 6.09. The van der Waals surface area contributed by atoms with Gasteiger partial charge in [0, 0.05) is 43.8 Å². The molecule has 1 saturated heterocycles. The van der Waals surface area contributed by atoms with E-state index in [1.165, 1.54) is 0 Å². The Kier molecular flexibility index (Phi) is 4.97. The first kappa shape index (κ1) is 18.4. The highest BCUT2D eigenvalue weighted by Gasteiger charge is 2.63. The van der Waals surface area contributed by atoms with Crippen LogP contribution in [0.25, 0.3) is 0 Å². The lowest BCUT2D eigenvalue weighted by molar-refractivity contribution is -0.171. The van der Waals surface area contributed by atoms with E-state index in [2.05, 4.69) is 15.2 Å². The number of carbonyl (C=O) groups excluding carboxylic acids is 1. The van der Waals surface area contributed by atoms with Crippen molar-refractivity contribution in [1.29, 1.82) is 0 Å². The maximum atomic E-state index is 12.8. The van der Waals surface area contributed by atoms with Crippen molar-refractivity contribution in [2.45, 2.75) is 51.3 Å². The monoisotopic (exact) mass is 366 g/mol. The molecular weight excluding hydrogens is 340 g/mol. The number of aromatic nitrogens is 1. The average molecular weight is 367 g/mol. The van der Waals surface area contributed by atoms with Crippen LogP contribution in [-0.2, 0) is 9.53 Å². The minimum atomic E-state index is -0.886. The fourth-order valence-electron chi connectivity index (χ4n) is 3.82. The summed E-state index contributed by atoms with van der Waals surface area (Å²) in [5, 5.41) is 3.76. The van der Waals surface area contributed by atoms with E-state index in [0.717, 1.165) is 18.8 Å². The van der Waals surface area contributed by atoms with E-state index in [1.54, 1.807) is 6.20 Å².